The van der Waals surface area contributed by atoms with E-state index in [2.05, 4.69) is 10.5 Å². The van der Waals surface area contributed by atoms with Gasteiger partial charge in [0.15, 0.2) is 29.6 Å². The molecule has 0 aliphatic rings. The minimum atomic E-state index is -0.597. The van der Waals surface area contributed by atoms with Crippen LogP contribution in [-0.4, -0.2) is 53.1 Å². The summed E-state index contributed by atoms with van der Waals surface area (Å²) >= 11 is 0. The van der Waals surface area contributed by atoms with Gasteiger partial charge >= 0.3 is 5.97 Å². The molecular formula is C26H26N2O8. The van der Waals surface area contributed by atoms with Crippen LogP contribution < -0.4 is 33.8 Å². The molecule has 1 amide bonds. The summed E-state index contributed by atoms with van der Waals surface area (Å²) < 4.78 is 31.7. The van der Waals surface area contributed by atoms with Crippen LogP contribution in [0.4, 0.5) is 0 Å². The molecule has 188 valence electrons. The number of carbonyl (C=O) groups excluding carboxylic acids is 2. The summed E-state index contributed by atoms with van der Waals surface area (Å²) in [6.45, 7) is -0.210. The number of amides is 1. The summed E-state index contributed by atoms with van der Waals surface area (Å²) in [7, 11) is 6.00. The predicted octanol–water partition coefficient (Wildman–Crippen LogP) is 3.47. The maximum atomic E-state index is 12.6. The van der Waals surface area contributed by atoms with Crippen molar-refractivity contribution in [1.82, 2.24) is 5.43 Å². The van der Waals surface area contributed by atoms with Crippen LogP contribution in [0.2, 0.25) is 0 Å². The molecule has 0 saturated carbocycles. The fourth-order valence-corrected chi connectivity index (χ4v) is 3.00. The first-order chi connectivity index (χ1) is 17.5. The zero-order valence-corrected chi connectivity index (χ0v) is 20.3. The molecule has 0 saturated heterocycles. The number of nitrogens with zero attached hydrogens (tertiary/aromatic N) is 1. The number of ether oxygens (including phenoxy) is 6. The molecule has 0 heterocycles. The van der Waals surface area contributed by atoms with Gasteiger partial charge in [0.1, 0.15) is 11.5 Å². The van der Waals surface area contributed by atoms with Crippen LogP contribution in [0.1, 0.15) is 15.9 Å². The number of hydrogen-bond acceptors (Lipinski definition) is 9. The normalized spacial score (nSPS) is 10.4. The van der Waals surface area contributed by atoms with Gasteiger partial charge in [-0.05, 0) is 66.2 Å². The fraction of sp³-hybridized carbons (Fsp3) is 0.192. The van der Waals surface area contributed by atoms with Crippen molar-refractivity contribution in [2.24, 2.45) is 5.10 Å². The number of benzene rings is 3. The van der Waals surface area contributed by atoms with Crippen LogP contribution in [0, 0.1) is 0 Å². The Hall–Kier alpha value is -4.73. The van der Waals surface area contributed by atoms with Crippen molar-refractivity contribution in [1.29, 1.82) is 0 Å². The van der Waals surface area contributed by atoms with E-state index in [1.54, 1.807) is 61.7 Å². The van der Waals surface area contributed by atoms with Crippen LogP contribution in [0.5, 0.6) is 34.5 Å². The molecule has 0 radical (unpaired) electrons. The maximum absolute atomic E-state index is 12.6. The highest BCUT2D eigenvalue weighted by molar-refractivity contribution is 5.92. The Labute approximate surface area is 208 Å². The number of esters is 1. The molecule has 0 aromatic heterocycles. The summed E-state index contributed by atoms with van der Waals surface area (Å²) in [5.74, 6) is 1.60. The second kappa shape index (κ2) is 12.7. The van der Waals surface area contributed by atoms with E-state index >= 15 is 0 Å². The molecular weight excluding hydrogens is 468 g/mol. The molecule has 0 aliphatic carbocycles. The highest BCUT2D eigenvalue weighted by Gasteiger charge is 2.15. The number of rotatable bonds is 11. The van der Waals surface area contributed by atoms with Crippen molar-refractivity contribution >= 4 is 18.1 Å². The van der Waals surface area contributed by atoms with Crippen molar-refractivity contribution in [3.05, 3.63) is 71.8 Å². The summed E-state index contributed by atoms with van der Waals surface area (Å²) in [5, 5.41) is 3.92. The van der Waals surface area contributed by atoms with Gasteiger partial charge in [-0.3, -0.25) is 4.79 Å². The van der Waals surface area contributed by atoms with E-state index in [0.717, 1.165) is 0 Å². The second-order valence-electron chi connectivity index (χ2n) is 7.13. The van der Waals surface area contributed by atoms with E-state index in [-0.39, 0.29) is 17.9 Å². The molecule has 0 bridgehead atoms. The number of carbonyl (C=O) groups is 2. The lowest BCUT2D eigenvalue weighted by Crippen LogP contribution is -2.24. The van der Waals surface area contributed by atoms with E-state index in [0.29, 0.717) is 34.3 Å². The zero-order chi connectivity index (χ0) is 25.9. The highest BCUT2D eigenvalue weighted by atomic mass is 16.6. The quantitative estimate of drug-likeness (QED) is 0.187. The maximum Gasteiger partial charge on any atom is 0.343 e. The molecule has 10 nitrogen and oxygen atoms in total. The Kier molecular flexibility index (Phi) is 9.10. The average Bonchev–Trinajstić information content (AvgIpc) is 2.92. The minimum absolute atomic E-state index is 0.210. The first-order valence-corrected chi connectivity index (χ1v) is 10.7. The van der Waals surface area contributed by atoms with E-state index in [4.69, 9.17) is 28.4 Å². The van der Waals surface area contributed by atoms with Crippen molar-refractivity contribution < 1.29 is 38.0 Å². The number of hydrogen-bond donors (Lipinski definition) is 1. The molecule has 3 rings (SSSR count). The summed E-state index contributed by atoms with van der Waals surface area (Å²) in [6.07, 6.45) is 1.42. The molecule has 36 heavy (non-hydrogen) atoms. The van der Waals surface area contributed by atoms with Crippen molar-refractivity contribution in [2.75, 3.05) is 35.0 Å². The third kappa shape index (κ3) is 6.89. The Bertz CT molecular complexity index is 1230. The van der Waals surface area contributed by atoms with Gasteiger partial charge in [-0.25, -0.2) is 10.2 Å². The Morgan fingerprint density at radius 2 is 1.39 bits per heavy atom. The monoisotopic (exact) mass is 494 g/mol. The van der Waals surface area contributed by atoms with Crippen LogP contribution in [-0.2, 0) is 4.79 Å². The van der Waals surface area contributed by atoms with Crippen LogP contribution in [0.25, 0.3) is 0 Å². The van der Waals surface area contributed by atoms with Crippen LogP contribution in [0.15, 0.2) is 65.8 Å². The zero-order valence-electron chi connectivity index (χ0n) is 20.3. The number of hydrazone groups is 1. The van der Waals surface area contributed by atoms with E-state index < -0.39 is 11.9 Å². The van der Waals surface area contributed by atoms with E-state index in [1.165, 1.54) is 33.6 Å². The van der Waals surface area contributed by atoms with Crippen molar-refractivity contribution in [3.63, 3.8) is 0 Å². The SMILES string of the molecule is COc1ccc(OCC(=O)N/N=C/c2ccc(OC(=O)c3ccc(OC)c(OC)c3)c(OC)c2)cc1. The second-order valence-corrected chi connectivity index (χ2v) is 7.13. The van der Waals surface area contributed by atoms with Gasteiger partial charge in [0, 0.05) is 0 Å². The fourth-order valence-electron chi connectivity index (χ4n) is 3.00. The molecule has 3 aromatic carbocycles. The van der Waals surface area contributed by atoms with Crippen molar-refractivity contribution in [3.8, 4) is 34.5 Å². The molecule has 0 unspecified atom stereocenters. The van der Waals surface area contributed by atoms with E-state index in [9.17, 15) is 9.59 Å². The van der Waals surface area contributed by atoms with Crippen LogP contribution in [0.3, 0.4) is 0 Å². The lowest BCUT2D eigenvalue weighted by molar-refractivity contribution is -0.123. The molecule has 0 fully saturated rings. The highest BCUT2D eigenvalue weighted by Crippen LogP contribution is 2.31. The Balaban J connectivity index is 1.57. The lowest BCUT2D eigenvalue weighted by Gasteiger charge is -2.11. The Morgan fingerprint density at radius 1 is 0.750 bits per heavy atom. The lowest BCUT2D eigenvalue weighted by atomic mass is 10.2. The van der Waals surface area contributed by atoms with Gasteiger partial charge in [0.25, 0.3) is 5.91 Å². The summed E-state index contributed by atoms with van der Waals surface area (Å²) in [6, 6.07) is 16.4. The summed E-state index contributed by atoms with van der Waals surface area (Å²) in [5.41, 5.74) is 3.27. The number of nitrogens with one attached hydrogen (secondary N) is 1. The van der Waals surface area contributed by atoms with Gasteiger partial charge in [-0.15, -0.1) is 0 Å². The van der Waals surface area contributed by atoms with E-state index in [1.807, 2.05) is 0 Å². The molecule has 0 atom stereocenters. The third-order valence-electron chi connectivity index (χ3n) is 4.84. The first kappa shape index (κ1) is 25.9. The van der Waals surface area contributed by atoms with Gasteiger partial charge < -0.3 is 28.4 Å². The van der Waals surface area contributed by atoms with Gasteiger partial charge in [0.05, 0.1) is 40.2 Å². The molecule has 0 aliphatic heterocycles. The third-order valence-corrected chi connectivity index (χ3v) is 4.84. The van der Waals surface area contributed by atoms with Gasteiger partial charge in [-0.1, -0.05) is 0 Å². The minimum Gasteiger partial charge on any atom is -0.497 e. The molecule has 0 spiro atoms. The smallest absolute Gasteiger partial charge is 0.343 e. The van der Waals surface area contributed by atoms with Crippen LogP contribution >= 0.6 is 0 Å². The summed E-state index contributed by atoms with van der Waals surface area (Å²) in [4.78, 5) is 24.6. The molecule has 1 N–H and O–H groups in total. The van der Waals surface area contributed by atoms with Gasteiger partial charge in [0.2, 0.25) is 0 Å². The number of methoxy groups -OCH3 is 4. The topological polar surface area (TPSA) is 114 Å². The first-order valence-electron chi connectivity index (χ1n) is 10.7. The molecule has 10 heteroatoms. The Morgan fingerprint density at radius 3 is 2.06 bits per heavy atom. The average molecular weight is 495 g/mol. The van der Waals surface area contributed by atoms with Gasteiger partial charge in [-0.2, -0.15) is 5.10 Å². The van der Waals surface area contributed by atoms with Crippen molar-refractivity contribution in [2.45, 2.75) is 0 Å². The largest absolute Gasteiger partial charge is 0.497 e. The molecule has 3 aromatic rings. The standard InChI is InChI=1S/C26H26N2O8/c1-31-19-7-9-20(10-8-19)35-16-25(29)28-27-15-17-5-11-22(23(13-17)33-3)36-26(30)18-6-12-21(32-2)24(14-18)34-4/h5-15H,16H2,1-4H3,(H,28,29)/b27-15+. The predicted molar refractivity (Wildman–Crippen MR) is 132 cm³/mol.